The van der Waals surface area contributed by atoms with E-state index in [0.29, 0.717) is 0 Å². The molecule has 20 heavy (non-hydrogen) atoms. The summed E-state index contributed by atoms with van der Waals surface area (Å²) in [5, 5.41) is 9.05. The van der Waals surface area contributed by atoms with Crippen LogP contribution < -0.4 is 4.74 Å². The fourth-order valence-corrected chi connectivity index (χ4v) is 2.02. The van der Waals surface area contributed by atoms with Crippen LogP contribution in [0.4, 0.5) is 4.39 Å². The molecule has 3 nitrogen and oxygen atoms in total. The molecular formula is C16H15FO3. The second-order valence-electron chi connectivity index (χ2n) is 4.60. The van der Waals surface area contributed by atoms with Gasteiger partial charge in [0.2, 0.25) is 0 Å². The first-order valence-electron chi connectivity index (χ1n) is 6.20. The Bertz CT molecular complexity index is 630. The average Bonchev–Trinajstić information content (AvgIpc) is 2.39. The smallest absolute Gasteiger partial charge is 0.339 e. The number of halogens is 1. The predicted molar refractivity (Wildman–Crippen MR) is 73.6 cm³/mol. The summed E-state index contributed by atoms with van der Waals surface area (Å²) in [5.74, 6) is -1.63. The Morgan fingerprint density at radius 1 is 1.20 bits per heavy atom. The van der Waals surface area contributed by atoms with Gasteiger partial charge in [-0.3, -0.25) is 0 Å². The third kappa shape index (κ3) is 2.96. The molecule has 0 radical (unpaired) electrons. The molecule has 0 amide bonds. The molecule has 0 spiro atoms. The van der Waals surface area contributed by atoms with E-state index in [2.05, 4.69) is 0 Å². The fourth-order valence-electron chi connectivity index (χ4n) is 2.02. The number of aryl methyl sites for hydroxylation is 2. The van der Waals surface area contributed by atoms with Gasteiger partial charge in [-0.2, -0.15) is 0 Å². The molecule has 0 saturated carbocycles. The van der Waals surface area contributed by atoms with Crippen LogP contribution in [-0.4, -0.2) is 11.1 Å². The van der Waals surface area contributed by atoms with Gasteiger partial charge in [-0.05, 0) is 48.7 Å². The number of hydrogen-bond acceptors (Lipinski definition) is 2. The number of ether oxygens (including phenoxy) is 1. The van der Waals surface area contributed by atoms with Gasteiger partial charge in [0, 0.05) is 0 Å². The molecule has 0 aromatic heterocycles. The Balaban J connectivity index is 2.25. The van der Waals surface area contributed by atoms with Gasteiger partial charge in [0.25, 0.3) is 0 Å². The number of rotatable bonds is 4. The fraction of sp³-hybridized carbons (Fsp3) is 0.188. The van der Waals surface area contributed by atoms with Crippen LogP contribution in [0.5, 0.6) is 5.75 Å². The molecule has 104 valence electrons. The second-order valence-corrected chi connectivity index (χ2v) is 4.60. The first-order chi connectivity index (χ1) is 9.49. The number of carboxylic acids is 1. The van der Waals surface area contributed by atoms with Crippen LogP contribution in [0.2, 0.25) is 0 Å². The molecule has 0 heterocycles. The molecule has 0 aliphatic carbocycles. The van der Waals surface area contributed by atoms with Crippen molar-refractivity contribution in [3.05, 3.63) is 64.5 Å². The number of hydrogen-bond donors (Lipinski definition) is 1. The second kappa shape index (κ2) is 5.74. The molecular weight excluding hydrogens is 259 g/mol. The van der Waals surface area contributed by atoms with Gasteiger partial charge in [-0.1, -0.05) is 18.2 Å². The molecule has 0 atom stereocenters. The highest BCUT2D eigenvalue weighted by molar-refractivity contribution is 5.90. The van der Waals surface area contributed by atoms with E-state index in [9.17, 15) is 9.18 Å². The van der Waals surface area contributed by atoms with Crippen molar-refractivity contribution in [3.63, 3.8) is 0 Å². The van der Waals surface area contributed by atoms with Crippen molar-refractivity contribution in [2.45, 2.75) is 20.5 Å². The van der Waals surface area contributed by atoms with Crippen molar-refractivity contribution < 1.29 is 19.0 Å². The van der Waals surface area contributed by atoms with Crippen LogP contribution in [0.15, 0.2) is 36.4 Å². The molecule has 4 heteroatoms. The molecule has 0 bridgehead atoms. The molecule has 0 saturated heterocycles. The standard InChI is InChI=1S/C16H15FO3/c1-10-4-3-5-11(2)14(10)9-20-15-7-6-12(17)8-13(15)16(18)19/h3-8H,9H2,1-2H3,(H,18,19). The molecule has 2 rings (SSSR count). The number of aromatic carboxylic acids is 1. The maximum Gasteiger partial charge on any atom is 0.339 e. The predicted octanol–water partition coefficient (Wildman–Crippen LogP) is 3.72. The first-order valence-corrected chi connectivity index (χ1v) is 6.20. The van der Waals surface area contributed by atoms with Crippen molar-refractivity contribution in [2.75, 3.05) is 0 Å². The van der Waals surface area contributed by atoms with Crippen LogP contribution in [0, 0.1) is 19.7 Å². The highest BCUT2D eigenvalue weighted by Gasteiger charge is 2.13. The lowest BCUT2D eigenvalue weighted by molar-refractivity contribution is 0.0691. The normalized spacial score (nSPS) is 10.3. The molecule has 1 N–H and O–H groups in total. The number of carboxylic acid groups (broad SMARTS) is 1. The SMILES string of the molecule is Cc1cccc(C)c1COc1ccc(F)cc1C(=O)O. The van der Waals surface area contributed by atoms with Crippen LogP contribution >= 0.6 is 0 Å². The summed E-state index contributed by atoms with van der Waals surface area (Å²) in [5.41, 5.74) is 2.98. The number of benzene rings is 2. The lowest BCUT2D eigenvalue weighted by Crippen LogP contribution is -2.05. The zero-order valence-electron chi connectivity index (χ0n) is 11.3. The monoisotopic (exact) mass is 274 g/mol. The Hall–Kier alpha value is -2.36. The van der Waals surface area contributed by atoms with Gasteiger partial charge >= 0.3 is 5.97 Å². The van der Waals surface area contributed by atoms with Crippen molar-refractivity contribution in [2.24, 2.45) is 0 Å². The molecule has 2 aromatic carbocycles. The van der Waals surface area contributed by atoms with Crippen molar-refractivity contribution in [1.82, 2.24) is 0 Å². The van der Waals surface area contributed by atoms with E-state index in [1.54, 1.807) is 0 Å². The van der Waals surface area contributed by atoms with Crippen LogP contribution in [0.3, 0.4) is 0 Å². The summed E-state index contributed by atoms with van der Waals surface area (Å²) in [6.07, 6.45) is 0. The van der Waals surface area contributed by atoms with E-state index in [1.165, 1.54) is 12.1 Å². The topological polar surface area (TPSA) is 46.5 Å². The minimum Gasteiger partial charge on any atom is -0.488 e. The van der Waals surface area contributed by atoms with Crippen LogP contribution in [0.25, 0.3) is 0 Å². The van der Waals surface area contributed by atoms with E-state index in [4.69, 9.17) is 9.84 Å². The summed E-state index contributed by atoms with van der Waals surface area (Å²) in [6.45, 7) is 4.19. The average molecular weight is 274 g/mol. The Kier molecular flexibility index (Phi) is 4.03. The highest BCUT2D eigenvalue weighted by atomic mass is 19.1. The maximum absolute atomic E-state index is 13.1. The summed E-state index contributed by atoms with van der Waals surface area (Å²) >= 11 is 0. The van der Waals surface area contributed by atoms with Crippen LogP contribution in [-0.2, 0) is 6.61 Å². The van der Waals surface area contributed by atoms with E-state index < -0.39 is 11.8 Å². The minimum absolute atomic E-state index is 0.168. The van der Waals surface area contributed by atoms with Crippen molar-refractivity contribution in [3.8, 4) is 5.75 Å². The highest BCUT2D eigenvalue weighted by Crippen LogP contribution is 2.22. The quantitative estimate of drug-likeness (QED) is 0.924. The van der Waals surface area contributed by atoms with E-state index >= 15 is 0 Å². The van der Waals surface area contributed by atoms with Gasteiger partial charge in [-0.15, -0.1) is 0 Å². The van der Waals surface area contributed by atoms with Crippen molar-refractivity contribution in [1.29, 1.82) is 0 Å². The Morgan fingerprint density at radius 2 is 1.85 bits per heavy atom. The Morgan fingerprint density at radius 3 is 2.45 bits per heavy atom. The molecule has 2 aromatic rings. The largest absolute Gasteiger partial charge is 0.488 e. The van der Waals surface area contributed by atoms with Gasteiger partial charge in [0.1, 0.15) is 23.7 Å². The zero-order chi connectivity index (χ0) is 14.7. The van der Waals surface area contributed by atoms with Gasteiger partial charge < -0.3 is 9.84 Å². The van der Waals surface area contributed by atoms with E-state index in [-0.39, 0.29) is 17.9 Å². The summed E-state index contributed by atoms with van der Waals surface area (Å²) in [6, 6.07) is 9.37. The first kappa shape index (κ1) is 14.1. The van der Waals surface area contributed by atoms with Crippen LogP contribution in [0.1, 0.15) is 27.0 Å². The summed E-state index contributed by atoms with van der Waals surface area (Å²) < 4.78 is 18.6. The van der Waals surface area contributed by atoms with Gasteiger partial charge in [0.15, 0.2) is 0 Å². The third-order valence-corrected chi connectivity index (χ3v) is 3.19. The van der Waals surface area contributed by atoms with Crippen molar-refractivity contribution >= 4 is 5.97 Å². The summed E-state index contributed by atoms with van der Waals surface area (Å²) in [4.78, 5) is 11.1. The molecule has 0 unspecified atom stereocenters. The number of carbonyl (C=O) groups is 1. The van der Waals surface area contributed by atoms with Gasteiger partial charge in [-0.25, -0.2) is 9.18 Å². The summed E-state index contributed by atoms with van der Waals surface area (Å²) in [7, 11) is 0. The molecule has 0 aliphatic heterocycles. The lowest BCUT2D eigenvalue weighted by atomic mass is 10.0. The molecule has 0 aliphatic rings. The minimum atomic E-state index is -1.21. The molecule has 0 fully saturated rings. The van der Waals surface area contributed by atoms with E-state index in [1.807, 2.05) is 32.0 Å². The zero-order valence-corrected chi connectivity index (χ0v) is 11.3. The van der Waals surface area contributed by atoms with E-state index in [0.717, 1.165) is 22.8 Å². The Labute approximate surface area is 116 Å². The van der Waals surface area contributed by atoms with Gasteiger partial charge in [0.05, 0.1) is 0 Å². The lowest BCUT2D eigenvalue weighted by Gasteiger charge is -2.13. The maximum atomic E-state index is 13.1. The third-order valence-electron chi connectivity index (χ3n) is 3.19.